The third-order valence-corrected chi connectivity index (χ3v) is 2.43. The van der Waals surface area contributed by atoms with Crippen molar-refractivity contribution in [3.05, 3.63) is 36.0 Å². The van der Waals surface area contributed by atoms with E-state index in [9.17, 15) is 4.79 Å². The van der Waals surface area contributed by atoms with Crippen molar-refractivity contribution in [2.24, 2.45) is 0 Å². The van der Waals surface area contributed by atoms with Crippen molar-refractivity contribution in [2.45, 2.75) is 13.0 Å². The minimum atomic E-state index is -1.01. The smallest absolute Gasteiger partial charge is 0.405 e. The van der Waals surface area contributed by atoms with E-state index in [1.54, 1.807) is 0 Å². The molecule has 1 unspecified atom stereocenters. The van der Waals surface area contributed by atoms with Gasteiger partial charge in [-0.25, -0.2) is 4.79 Å². The van der Waals surface area contributed by atoms with Crippen molar-refractivity contribution >= 4 is 17.0 Å². The number of aromatic amines is 1. The fourth-order valence-electron chi connectivity index (χ4n) is 1.72. The highest BCUT2D eigenvalue weighted by molar-refractivity contribution is 5.84. The van der Waals surface area contributed by atoms with Gasteiger partial charge in [0.1, 0.15) is 0 Å². The number of H-pyrrole nitrogens is 1. The number of rotatable bonds is 2. The van der Waals surface area contributed by atoms with Crippen LogP contribution in [0.1, 0.15) is 18.5 Å². The molecule has 0 aliphatic rings. The summed E-state index contributed by atoms with van der Waals surface area (Å²) in [5, 5.41) is 12.1. The normalized spacial score (nSPS) is 12.6. The van der Waals surface area contributed by atoms with Gasteiger partial charge in [0.2, 0.25) is 0 Å². The van der Waals surface area contributed by atoms with Crippen molar-refractivity contribution in [3.8, 4) is 0 Å². The monoisotopic (exact) mass is 204 g/mol. The predicted molar refractivity (Wildman–Crippen MR) is 57.9 cm³/mol. The Balaban J connectivity index is 2.39. The van der Waals surface area contributed by atoms with E-state index in [1.165, 1.54) is 0 Å². The van der Waals surface area contributed by atoms with Gasteiger partial charge < -0.3 is 15.4 Å². The van der Waals surface area contributed by atoms with E-state index in [2.05, 4.69) is 10.3 Å². The molecular weight excluding hydrogens is 192 g/mol. The molecule has 0 radical (unpaired) electrons. The van der Waals surface area contributed by atoms with Crippen LogP contribution >= 0.6 is 0 Å². The first-order chi connectivity index (χ1) is 7.18. The zero-order valence-electron chi connectivity index (χ0n) is 8.32. The third kappa shape index (κ3) is 1.79. The topological polar surface area (TPSA) is 65.1 Å². The number of carbonyl (C=O) groups is 1. The van der Waals surface area contributed by atoms with Gasteiger partial charge in [0.15, 0.2) is 0 Å². The van der Waals surface area contributed by atoms with Crippen molar-refractivity contribution in [1.29, 1.82) is 0 Å². The molecule has 1 atom stereocenters. The van der Waals surface area contributed by atoms with Crippen molar-refractivity contribution in [1.82, 2.24) is 10.3 Å². The van der Waals surface area contributed by atoms with Gasteiger partial charge in [0.25, 0.3) is 0 Å². The number of fused-ring (bicyclic) bond motifs is 1. The molecule has 0 saturated heterocycles. The van der Waals surface area contributed by atoms with E-state index in [0.29, 0.717) is 0 Å². The number of hydrogen-bond acceptors (Lipinski definition) is 1. The lowest BCUT2D eigenvalue weighted by Gasteiger charge is -2.09. The molecule has 0 bridgehead atoms. The average Bonchev–Trinajstić information content (AvgIpc) is 2.59. The molecule has 4 nitrogen and oxygen atoms in total. The molecule has 2 aromatic rings. The first-order valence-corrected chi connectivity index (χ1v) is 4.74. The number of amides is 1. The number of hydrogen-bond donors (Lipinski definition) is 3. The minimum Gasteiger partial charge on any atom is -0.465 e. The SMILES string of the molecule is CC(NC(=O)O)c1c[nH]c2ccccc12. The highest BCUT2D eigenvalue weighted by atomic mass is 16.4. The summed E-state index contributed by atoms with van der Waals surface area (Å²) in [6.45, 7) is 1.82. The standard InChI is InChI=1S/C11H12N2O2/c1-7(13-11(14)15)9-6-12-10-5-3-2-4-8(9)10/h2-7,12-13H,1H3,(H,14,15). The van der Waals surface area contributed by atoms with E-state index in [0.717, 1.165) is 16.5 Å². The lowest BCUT2D eigenvalue weighted by Crippen LogP contribution is -2.24. The predicted octanol–water partition coefficient (Wildman–Crippen LogP) is 2.50. The summed E-state index contributed by atoms with van der Waals surface area (Å²) in [4.78, 5) is 13.6. The second-order valence-corrected chi connectivity index (χ2v) is 3.46. The third-order valence-electron chi connectivity index (χ3n) is 2.43. The summed E-state index contributed by atoms with van der Waals surface area (Å²) in [6.07, 6.45) is 0.832. The summed E-state index contributed by atoms with van der Waals surface area (Å²) < 4.78 is 0. The highest BCUT2D eigenvalue weighted by Gasteiger charge is 2.12. The maximum atomic E-state index is 10.5. The first kappa shape index (κ1) is 9.58. The summed E-state index contributed by atoms with van der Waals surface area (Å²) in [6, 6.07) is 7.61. The van der Waals surface area contributed by atoms with Gasteiger partial charge in [-0.1, -0.05) is 18.2 Å². The molecule has 0 aliphatic heterocycles. The van der Waals surface area contributed by atoms with Gasteiger partial charge in [0, 0.05) is 17.1 Å². The van der Waals surface area contributed by atoms with E-state index in [-0.39, 0.29) is 6.04 Å². The van der Waals surface area contributed by atoms with Gasteiger partial charge in [-0.05, 0) is 18.6 Å². The zero-order chi connectivity index (χ0) is 10.8. The Bertz CT molecular complexity index is 490. The lowest BCUT2D eigenvalue weighted by molar-refractivity contribution is 0.191. The van der Waals surface area contributed by atoms with E-state index < -0.39 is 6.09 Å². The van der Waals surface area contributed by atoms with Crippen LogP contribution in [0, 0.1) is 0 Å². The molecule has 0 fully saturated rings. The first-order valence-electron chi connectivity index (χ1n) is 4.74. The molecular formula is C11H12N2O2. The molecule has 0 spiro atoms. The minimum absolute atomic E-state index is 0.210. The quantitative estimate of drug-likeness (QED) is 0.703. The Morgan fingerprint density at radius 3 is 2.93 bits per heavy atom. The van der Waals surface area contributed by atoms with E-state index in [1.807, 2.05) is 37.4 Å². The van der Waals surface area contributed by atoms with Crippen LogP contribution in [-0.4, -0.2) is 16.2 Å². The molecule has 0 saturated carbocycles. The van der Waals surface area contributed by atoms with Gasteiger partial charge in [0.05, 0.1) is 6.04 Å². The van der Waals surface area contributed by atoms with Crippen LogP contribution in [0.2, 0.25) is 0 Å². The lowest BCUT2D eigenvalue weighted by atomic mass is 10.1. The molecule has 1 heterocycles. The summed E-state index contributed by atoms with van der Waals surface area (Å²) in [5.74, 6) is 0. The zero-order valence-corrected chi connectivity index (χ0v) is 8.32. The fourth-order valence-corrected chi connectivity index (χ4v) is 1.72. The second-order valence-electron chi connectivity index (χ2n) is 3.46. The number of carboxylic acid groups (broad SMARTS) is 1. The Hall–Kier alpha value is -1.97. The average molecular weight is 204 g/mol. The summed E-state index contributed by atoms with van der Waals surface area (Å²) in [7, 11) is 0. The fraction of sp³-hybridized carbons (Fsp3) is 0.182. The largest absolute Gasteiger partial charge is 0.465 e. The Morgan fingerprint density at radius 1 is 1.47 bits per heavy atom. The summed E-state index contributed by atoms with van der Waals surface area (Å²) >= 11 is 0. The number of aromatic nitrogens is 1. The molecule has 1 amide bonds. The molecule has 2 rings (SSSR count). The van der Waals surface area contributed by atoms with Gasteiger partial charge in [-0.15, -0.1) is 0 Å². The van der Waals surface area contributed by atoms with Gasteiger partial charge in [-0.3, -0.25) is 0 Å². The second kappa shape index (κ2) is 3.65. The molecule has 1 aromatic carbocycles. The maximum absolute atomic E-state index is 10.5. The van der Waals surface area contributed by atoms with Gasteiger partial charge >= 0.3 is 6.09 Å². The van der Waals surface area contributed by atoms with Crippen molar-refractivity contribution < 1.29 is 9.90 Å². The molecule has 1 aromatic heterocycles. The molecule has 78 valence electrons. The van der Waals surface area contributed by atoms with Gasteiger partial charge in [-0.2, -0.15) is 0 Å². The molecule has 0 aliphatic carbocycles. The Morgan fingerprint density at radius 2 is 2.20 bits per heavy atom. The van der Waals surface area contributed by atoms with Crippen LogP contribution in [-0.2, 0) is 0 Å². The Labute approximate surface area is 86.9 Å². The van der Waals surface area contributed by atoms with Crippen molar-refractivity contribution in [3.63, 3.8) is 0 Å². The number of nitrogens with one attached hydrogen (secondary N) is 2. The van der Waals surface area contributed by atoms with Crippen LogP contribution in [0.5, 0.6) is 0 Å². The number of para-hydroxylation sites is 1. The molecule has 3 N–H and O–H groups in total. The van der Waals surface area contributed by atoms with E-state index >= 15 is 0 Å². The summed E-state index contributed by atoms with van der Waals surface area (Å²) in [5.41, 5.74) is 1.99. The Kier molecular flexibility index (Phi) is 2.33. The van der Waals surface area contributed by atoms with Crippen LogP contribution in [0.15, 0.2) is 30.5 Å². The highest BCUT2D eigenvalue weighted by Crippen LogP contribution is 2.23. The number of benzene rings is 1. The van der Waals surface area contributed by atoms with Crippen LogP contribution in [0.25, 0.3) is 10.9 Å². The maximum Gasteiger partial charge on any atom is 0.405 e. The van der Waals surface area contributed by atoms with Crippen LogP contribution < -0.4 is 5.32 Å². The van der Waals surface area contributed by atoms with E-state index in [4.69, 9.17) is 5.11 Å². The molecule has 4 heteroatoms. The van der Waals surface area contributed by atoms with Crippen LogP contribution in [0.4, 0.5) is 4.79 Å². The van der Waals surface area contributed by atoms with Crippen LogP contribution in [0.3, 0.4) is 0 Å². The van der Waals surface area contributed by atoms with Crippen molar-refractivity contribution in [2.75, 3.05) is 0 Å². The molecule has 15 heavy (non-hydrogen) atoms.